The summed E-state index contributed by atoms with van der Waals surface area (Å²) in [6.45, 7) is 0. The van der Waals surface area contributed by atoms with Crippen LogP contribution >= 0.6 is 24.2 Å². The van der Waals surface area contributed by atoms with Crippen molar-refractivity contribution in [1.29, 1.82) is 0 Å². The maximum absolute atomic E-state index is 5.66. The van der Waals surface area contributed by atoms with Crippen LogP contribution in [0.15, 0.2) is 18.3 Å². The topological polar surface area (TPSA) is 38.9 Å². The summed E-state index contributed by atoms with van der Waals surface area (Å²) < 4.78 is 0. The number of nitrogens with two attached hydrogens (primary N) is 1. The highest BCUT2D eigenvalue weighted by atomic mass is 35.5. The van der Waals surface area contributed by atoms with Gasteiger partial charge in [-0.25, -0.2) is 4.98 Å². The van der Waals surface area contributed by atoms with E-state index in [2.05, 4.69) is 17.6 Å². The molecule has 1 rings (SSSR count). The molecule has 2 nitrogen and oxygen atoms in total. The molecule has 0 spiro atoms. The van der Waals surface area contributed by atoms with Gasteiger partial charge in [-0.15, -0.1) is 0 Å². The molecular formula is C8H9ClN2S. The number of hydrogen-bond acceptors (Lipinski definition) is 3. The predicted molar refractivity (Wildman–Crippen MR) is 56.5 cm³/mol. The van der Waals surface area contributed by atoms with E-state index in [-0.39, 0.29) is 0 Å². The number of pyridine rings is 1. The van der Waals surface area contributed by atoms with E-state index in [1.165, 1.54) is 0 Å². The molecule has 0 atom stereocenters. The molecule has 0 bridgehead atoms. The molecule has 2 N–H and O–H groups in total. The van der Waals surface area contributed by atoms with Gasteiger partial charge < -0.3 is 5.73 Å². The van der Waals surface area contributed by atoms with Gasteiger partial charge in [-0.1, -0.05) is 23.8 Å². The molecule has 0 amide bonds. The summed E-state index contributed by atoms with van der Waals surface area (Å²) in [6, 6.07) is 1.62. The first-order chi connectivity index (χ1) is 5.74. The van der Waals surface area contributed by atoms with Crippen LogP contribution in [0.3, 0.4) is 0 Å². The number of nitrogen functional groups attached to an aromatic ring is 1. The normalized spacial score (nSPS) is 10.8. The summed E-state index contributed by atoms with van der Waals surface area (Å²) in [4.78, 5) is 3.90. The fourth-order valence-electron chi connectivity index (χ4n) is 0.774. The molecule has 0 aliphatic heterocycles. The van der Waals surface area contributed by atoms with E-state index < -0.39 is 0 Å². The molecule has 0 saturated carbocycles. The van der Waals surface area contributed by atoms with Crippen molar-refractivity contribution in [3.8, 4) is 0 Å². The number of anilines is 1. The van der Waals surface area contributed by atoms with Crippen molar-refractivity contribution < 1.29 is 0 Å². The third-order valence-corrected chi connectivity index (χ3v) is 1.76. The van der Waals surface area contributed by atoms with Crippen molar-refractivity contribution in [2.24, 2.45) is 0 Å². The fraction of sp³-hybridized carbons (Fsp3) is 0.125. The number of rotatable bonds is 2. The molecule has 0 saturated heterocycles. The molecule has 0 radical (unpaired) electrons. The zero-order chi connectivity index (χ0) is 8.97. The second-order valence-electron chi connectivity index (χ2n) is 2.22. The summed E-state index contributed by atoms with van der Waals surface area (Å²) in [5.74, 6) is 0.683. The summed E-state index contributed by atoms with van der Waals surface area (Å²) in [5, 5.41) is 0.413. The van der Waals surface area contributed by atoms with Gasteiger partial charge in [0.25, 0.3) is 0 Å². The van der Waals surface area contributed by atoms with Crippen LogP contribution in [-0.4, -0.2) is 10.7 Å². The van der Waals surface area contributed by atoms with Crippen LogP contribution in [0.1, 0.15) is 5.56 Å². The molecule has 4 heteroatoms. The largest absolute Gasteiger partial charge is 0.398 e. The SMILES string of the molecule is Nc1cc(Cl)ncc1C=CCS. The quantitative estimate of drug-likeness (QED) is 0.568. The van der Waals surface area contributed by atoms with Crippen LogP contribution in [0.25, 0.3) is 6.08 Å². The van der Waals surface area contributed by atoms with Gasteiger partial charge in [-0.3, -0.25) is 0 Å². The summed E-state index contributed by atoms with van der Waals surface area (Å²) >= 11 is 9.65. The van der Waals surface area contributed by atoms with Gasteiger partial charge in [0.1, 0.15) is 5.15 Å². The van der Waals surface area contributed by atoms with Gasteiger partial charge >= 0.3 is 0 Å². The van der Waals surface area contributed by atoms with Crippen LogP contribution in [0.4, 0.5) is 5.69 Å². The molecule has 1 aromatic rings. The van der Waals surface area contributed by atoms with Crippen LogP contribution < -0.4 is 5.73 Å². The Kier molecular flexibility index (Phi) is 3.44. The van der Waals surface area contributed by atoms with Gasteiger partial charge in [-0.2, -0.15) is 12.6 Å². The van der Waals surface area contributed by atoms with Crippen molar-refractivity contribution in [2.75, 3.05) is 11.5 Å². The molecule has 64 valence electrons. The minimum absolute atomic E-state index is 0.413. The van der Waals surface area contributed by atoms with Crippen LogP contribution in [0, 0.1) is 0 Å². The lowest BCUT2D eigenvalue weighted by atomic mass is 10.2. The summed E-state index contributed by atoms with van der Waals surface area (Å²) in [5.41, 5.74) is 7.16. The fourth-order valence-corrected chi connectivity index (χ4v) is 1.05. The van der Waals surface area contributed by atoms with E-state index in [1.807, 2.05) is 12.2 Å². The molecular weight excluding hydrogens is 192 g/mol. The van der Waals surface area contributed by atoms with E-state index in [4.69, 9.17) is 17.3 Å². The van der Waals surface area contributed by atoms with Crippen LogP contribution in [0.5, 0.6) is 0 Å². The van der Waals surface area contributed by atoms with E-state index in [1.54, 1.807) is 12.3 Å². The Bertz CT molecular complexity index is 299. The van der Waals surface area contributed by atoms with Crippen molar-refractivity contribution in [1.82, 2.24) is 4.98 Å². The van der Waals surface area contributed by atoms with Gasteiger partial charge in [0.15, 0.2) is 0 Å². The lowest BCUT2D eigenvalue weighted by Gasteiger charge is -1.98. The van der Waals surface area contributed by atoms with Crippen molar-refractivity contribution in [3.63, 3.8) is 0 Å². The Hall–Kier alpha value is -0.670. The Morgan fingerprint density at radius 1 is 1.67 bits per heavy atom. The Morgan fingerprint density at radius 2 is 2.42 bits per heavy atom. The minimum Gasteiger partial charge on any atom is -0.398 e. The van der Waals surface area contributed by atoms with E-state index >= 15 is 0 Å². The van der Waals surface area contributed by atoms with E-state index in [0.717, 1.165) is 5.56 Å². The van der Waals surface area contributed by atoms with Gasteiger partial charge in [0.05, 0.1) is 0 Å². The second kappa shape index (κ2) is 4.38. The maximum Gasteiger partial charge on any atom is 0.131 e. The molecule has 0 aliphatic carbocycles. The second-order valence-corrected chi connectivity index (χ2v) is 2.97. The van der Waals surface area contributed by atoms with Gasteiger partial charge in [0.2, 0.25) is 0 Å². The first-order valence-electron chi connectivity index (χ1n) is 3.42. The molecule has 0 aliphatic rings. The van der Waals surface area contributed by atoms with E-state index in [9.17, 15) is 0 Å². The average Bonchev–Trinajstić information content (AvgIpc) is 2.03. The molecule has 1 heterocycles. The molecule has 12 heavy (non-hydrogen) atoms. The lowest BCUT2D eigenvalue weighted by Crippen LogP contribution is -1.90. The first-order valence-corrected chi connectivity index (χ1v) is 4.43. The maximum atomic E-state index is 5.66. The predicted octanol–water partition coefficient (Wildman–Crippen LogP) is 2.26. The Morgan fingerprint density at radius 3 is 3.00 bits per heavy atom. The zero-order valence-electron chi connectivity index (χ0n) is 6.37. The molecule has 1 aromatic heterocycles. The number of aromatic nitrogens is 1. The van der Waals surface area contributed by atoms with Gasteiger partial charge in [-0.05, 0) is 6.07 Å². The third-order valence-electron chi connectivity index (χ3n) is 1.34. The highest BCUT2D eigenvalue weighted by molar-refractivity contribution is 7.80. The van der Waals surface area contributed by atoms with Gasteiger partial charge in [0, 0.05) is 23.2 Å². The van der Waals surface area contributed by atoms with E-state index in [0.29, 0.717) is 16.6 Å². The first kappa shape index (κ1) is 9.42. The number of nitrogens with zero attached hydrogens (tertiary/aromatic N) is 1. The van der Waals surface area contributed by atoms with Crippen molar-refractivity contribution in [3.05, 3.63) is 29.1 Å². The van der Waals surface area contributed by atoms with Crippen LogP contribution in [0.2, 0.25) is 5.15 Å². The molecule has 0 unspecified atom stereocenters. The number of thiol groups is 1. The zero-order valence-corrected chi connectivity index (χ0v) is 8.02. The summed E-state index contributed by atoms with van der Waals surface area (Å²) in [7, 11) is 0. The smallest absolute Gasteiger partial charge is 0.131 e. The monoisotopic (exact) mass is 200 g/mol. The van der Waals surface area contributed by atoms with Crippen LogP contribution in [-0.2, 0) is 0 Å². The average molecular weight is 201 g/mol. The minimum atomic E-state index is 0.413. The molecule has 0 aromatic carbocycles. The highest BCUT2D eigenvalue weighted by Crippen LogP contribution is 2.16. The summed E-state index contributed by atoms with van der Waals surface area (Å²) in [6.07, 6.45) is 5.40. The standard InChI is InChI=1S/C8H9ClN2S/c9-8-4-7(10)6(5-11-8)2-1-3-12/h1-2,4-5,12H,3H2,(H2,10,11). The molecule has 0 fully saturated rings. The van der Waals surface area contributed by atoms with Crippen molar-refractivity contribution >= 4 is 36.0 Å². The Balaban J connectivity index is 2.94. The third kappa shape index (κ3) is 2.43. The Labute approximate surface area is 81.9 Å². The van der Waals surface area contributed by atoms with Crippen molar-refractivity contribution in [2.45, 2.75) is 0 Å². The number of hydrogen-bond donors (Lipinski definition) is 2. The lowest BCUT2D eigenvalue weighted by molar-refractivity contribution is 1.32. The number of halogens is 1. The highest BCUT2D eigenvalue weighted by Gasteiger charge is 1.95.